The first-order valence-corrected chi connectivity index (χ1v) is 10.6. The van der Waals surface area contributed by atoms with Gasteiger partial charge in [0, 0.05) is 74.3 Å². The van der Waals surface area contributed by atoms with Gasteiger partial charge < -0.3 is 14.7 Å². The molecule has 0 saturated carbocycles. The molecule has 4 aromatic heterocycles. The normalized spacial score (nSPS) is 10.7. The van der Waals surface area contributed by atoms with Crippen LogP contribution in [0.5, 0.6) is 0 Å². The fourth-order valence-electron chi connectivity index (χ4n) is 3.24. The lowest BCUT2D eigenvalue weighted by atomic mass is 10.4. The molecular weight excluding hydrogens is 414 g/mol. The Kier molecular flexibility index (Phi) is 6.12. The van der Waals surface area contributed by atoms with Crippen LogP contribution in [0.25, 0.3) is 17.8 Å². The molecule has 33 heavy (non-hydrogen) atoms. The maximum absolute atomic E-state index is 4.75. The topological polar surface area (TPSA) is 60.0 Å². The Morgan fingerprint density at radius 1 is 0.424 bits per heavy atom. The molecule has 0 bridgehead atoms. The zero-order valence-corrected chi connectivity index (χ0v) is 20.0. The lowest BCUT2D eigenvalue weighted by molar-refractivity contribution is -0.628. The number of aromatic nitrogens is 6. The van der Waals surface area contributed by atoms with Crippen molar-refractivity contribution in [2.75, 3.05) is 57.0 Å². The van der Waals surface area contributed by atoms with E-state index >= 15 is 0 Å². The fourth-order valence-corrected chi connectivity index (χ4v) is 3.24. The van der Waals surface area contributed by atoms with E-state index < -0.39 is 0 Å². The van der Waals surface area contributed by atoms with Crippen molar-refractivity contribution in [3.63, 3.8) is 0 Å². The van der Waals surface area contributed by atoms with Crippen LogP contribution >= 0.6 is 0 Å². The zero-order valence-electron chi connectivity index (χ0n) is 20.0. The van der Waals surface area contributed by atoms with Crippen molar-refractivity contribution in [1.29, 1.82) is 0 Å². The van der Waals surface area contributed by atoms with Crippen LogP contribution < -0.4 is 28.4 Å². The second-order valence-electron chi connectivity index (χ2n) is 8.31. The van der Waals surface area contributed by atoms with Crippen LogP contribution in [0.15, 0.2) is 73.6 Å². The Bertz CT molecular complexity index is 1050. The van der Waals surface area contributed by atoms with Crippen LogP contribution in [0.2, 0.25) is 0 Å². The highest BCUT2D eigenvalue weighted by molar-refractivity contribution is 5.43. The van der Waals surface area contributed by atoms with E-state index in [9.17, 15) is 0 Å². The van der Waals surface area contributed by atoms with Crippen molar-refractivity contribution in [3.05, 3.63) is 73.6 Å². The molecule has 0 saturated heterocycles. The second-order valence-corrected chi connectivity index (χ2v) is 8.31. The summed E-state index contributed by atoms with van der Waals surface area (Å²) in [5.74, 6) is 1.61. The minimum atomic E-state index is 0.536. The average Bonchev–Trinajstić information content (AvgIpc) is 2.84. The third kappa shape index (κ3) is 4.87. The van der Waals surface area contributed by atoms with Gasteiger partial charge >= 0.3 is 17.8 Å². The summed E-state index contributed by atoms with van der Waals surface area (Å²) in [5, 5.41) is 0. The molecule has 9 nitrogen and oxygen atoms in total. The minimum Gasteiger partial charge on any atom is -0.377 e. The van der Waals surface area contributed by atoms with Crippen molar-refractivity contribution < 1.29 is 13.7 Å². The molecule has 0 aromatic carbocycles. The van der Waals surface area contributed by atoms with E-state index in [0.29, 0.717) is 17.8 Å². The van der Waals surface area contributed by atoms with E-state index in [2.05, 4.69) is 14.7 Å². The zero-order chi connectivity index (χ0) is 23.5. The Balaban J connectivity index is 1.81. The van der Waals surface area contributed by atoms with Crippen LogP contribution in [-0.2, 0) is 0 Å². The van der Waals surface area contributed by atoms with E-state index in [1.807, 2.05) is 130 Å². The van der Waals surface area contributed by atoms with E-state index in [0.717, 1.165) is 17.1 Å². The predicted octanol–water partition coefficient (Wildman–Crippen LogP) is 0.900. The molecule has 0 spiro atoms. The van der Waals surface area contributed by atoms with Crippen molar-refractivity contribution in [2.24, 2.45) is 0 Å². The van der Waals surface area contributed by atoms with Crippen LogP contribution in [0.4, 0.5) is 17.1 Å². The molecule has 0 aliphatic carbocycles. The molecule has 168 valence electrons. The van der Waals surface area contributed by atoms with E-state index in [1.165, 1.54) is 0 Å². The van der Waals surface area contributed by atoms with Gasteiger partial charge in [0.1, 0.15) is 0 Å². The highest BCUT2D eigenvalue weighted by Crippen LogP contribution is 2.10. The summed E-state index contributed by atoms with van der Waals surface area (Å²) in [6.45, 7) is 0. The Morgan fingerprint density at radius 2 is 0.636 bits per heavy atom. The minimum absolute atomic E-state index is 0.536. The molecule has 0 amide bonds. The van der Waals surface area contributed by atoms with E-state index in [4.69, 9.17) is 15.0 Å². The highest BCUT2D eigenvalue weighted by Gasteiger charge is 2.26. The van der Waals surface area contributed by atoms with Gasteiger partial charge in [0.05, 0.1) is 37.2 Å². The van der Waals surface area contributed by atoms with Crippen LogP contribution in [0, 0.1) is 0 Å². The van der Waals surface area contributed by atoms with Gasteiger partial charge in [-0.05, 0) is 36.4 Å². The van der Waals surface area contributed by atoms with Crippen LogP contribution in [0.1, 0.15) is 0 Å². The SMILES string of the molecule is CN(C)c1cc[n+](-c2nc(-[n+]3ccc(N(C)C)cc3)nc(-[n+]3ccc(N(C)C)cc3)n2)cc1. The number of pyridine rings is 3. The van der Waals surface area contributed by atoms with Gasteiger partial charge in [0.2, 0.25) is 0 Å². The van der Waals surface area contributed by atoms with Crippen LogP contribution in [0.3, 0.4) is 0 Å². The molecule has 0 atom stereocenters. The summed E-state index contributed by atoms with van der Waals surface area (Å²) in [6, 6.07) is 12.2. The molecular formula is C24H30N9+3. The summed E-state index contributed by atoms with van der Waals surface area (Å²) in [7, 11) is 12.1. The quantitative estimate of drug-likeness (QED) is 0.412. The smallest absolute Gasteiger partial charge is 0.377 e. The molecule has 4 heterocycles. The highest BCUT2D eigenvalue weighted by atomic mass is 15.3. The number of rotatable bonds is 6. The second kappa shape index (κ2) is 9.15. The third-order valence-electron chi connectivity index (χ3n) is 5.28. The number of nitrogens with zero attached hydrogens (tertiary/aromatic N) is 9. The maximum atomic E-state index is 4.75. The first-order chi connectivity index (χ1) is 15.8. The predicted molar refractivity (Wildman–Crippen MR) is 127 cm³/mol. The lowest BCUT2D eigenvalue weighted by Crippen LogP contribution is -2.42. The third-order valence-corrected chi connectivity index (χ3v) is 5.28. The first kappa shape index (κ1) is 22.1. The van der Waals surface area contributed by atoms with E-state index in [1.54, 1.807) is 0 Å². The van der Waals surface area contributed by atoms with Gasteiger partial charge in [-0.1, -0.05) is 0 Å². The Morgan fingerprint density at radius 3 is 0.818 bits per heavy atom. The van der Waals surface area contributed by atoms with Gasteiger partial charge in [-0.15, -0.1) is 0 Å². The lowest BCUT2D eigenvalue weighted by Gasteiger charge is -2.12. The molecule has 0 fully saturated rings. The molecule has 0 unspecified atom stereocenters. The van der Waals surface area contributed by atoms with Crippen molar-refractivity contribution >= 4 is 17.1 Å². The van der Waals surface area contributed by atoms with Crippen LogP contribution in [-0.4, -0.2) is 57.2 Å². The maximum Gasteiger partial charge on any atom is 0.449 e. The van der Waals surface area contributed by atoms with Crippen molar-refractivity contribution in [2.45, 2.75) is 0 Å². The monoisotopic (exact) mass is 444 g/mol. The summed E-state index contributed by atoms with van der Waals surface area (Å²) in [5.41, 5.74) is 3.30. The van der Waals surface area contributed by atoms with Gasteiger partial charge in [0.15, 0.2) is 0 Å². The number of anilines is 3. The molecule has 0 radical (unpaired) electrons. The van der Waals surface area contributed by atoms with Gasteiger partial charge in [-0.3, -0.25) is 0 Å². The number of hydrogen-bond donors (Lipinski definition) is 0. The number of hydrogen-bond acceptors (Lipinski definition) is 6. The van der Waals surface area contributed by atoms with Gasteiger partial charge in [0.25, 0.3) is 0 Å². The molecule has 9 heteroatoms. The Labute approximate surface area is 194 Å². The first-order valence-electron chi connectivity index (χ1n) is 10.6. The molecule has 0 N–H and O–H groups in total. The summed E-state index contributed by atoms with van der Waals surface area (Å²) in [4.78, 5) is 20.4. The van der Waals surface area contributed by atoms with Crippen molar-refractivity contribution in [3.8, 4) is 17.8 Å². The van der Waals surface area contributed by atoms with E-state index in [-0.39, 0.29) is 0 Å². The molecule has 4 rings (SSSR count). The summed E-state index contributed by atoms with van der Waals surface area (Å²) >= 11 is 0. The van der Waals surface area contributed by atoms with Gasteiger partial charge in [-0.25, -0.2) is 13.7 Å². The molecule has 0 aliphatic rings. The van der Waals surface area contributed by atoms with Gasteiger partial charge in [-0.2, -0.15) is 0 Å². The largest absolute Gasteiger partial charge is 0.449 e. The molecule has 0 aliphatic heterocycles. The summed E-state index contributed by atoms with van der Waals surface area (Å²) < 4.78 is 5.68. The molecule has 4 aromatic rings. The van der Waals surface area contributed by atoms with Crippen molar-refractivity contribution in [1.82, 2.24) is 15.0 Å². The average molecular weight is 445 g/mol. The fraction of sp³-hybridized carbons (Fsp3) is 0.250. The summed E-state index contributed by atoms with van der Waals surface area (Å²) in [6.07, 6.45) is 11.7. The Hall–Kier alpha value is -4.14. The standard InChI is InChI=1S/C24H30N9/c1-28(2)19-7-13-31(14-8-19)22-25-23(32-15-9-20(10-16-32)29(3)4)27-24(26-22)33-17-11-21(12-18-33)30(5)6/h7-18H,1-6H3/q+3.